The third kappa shape index (κ3) is 3.57. The minimum absolute atomic E-state index is 0.0984. The second kappa shape index (κ2) is 6.08. The minimum atomic E-state index is -3.74. The lowest BCUT2D eigenvalue weighted by Gasteiger charge is -2.11. The Kier molecular flexibility index (Phi) is 4.83. The van der Waals surface area contributed by atoms with E-state index < -0.39 is 10.0 Å². The summed E-state index contributed by atoms with van der Waals surface area (Å²) in [5.74, 6) is 0. The van der Waals surface area contributed by atoms with E-state index in [0.29, 0.717) is 20.9 Å². The van der Waals surface area contributed by atoms with Gasteiger partial charge in [-0.1, -0.05) is 11.6 Å². The molecule has 0 aromatic heterocycles. The molecule has 0 spiro atoms. The maximum Gasteiger partial charge on any atom is 0.263 e. The normalized spacial score (nSPS) is 11.3. The fourth-order valence-corrected chi connectivity index (χ4v) is 4.64. The van der Waals surface area contributed by atoms with E-state index in [9.17, 15) is 8.42 Å². The Labute approximate surface area is 144 Å². The van der Waals surface area contributed by atoms with Crippen molar-refractivity contribution in [3.05, 3.63) is 49.5 Å². The van der Waals surface area contributed by atoms with Gasteiger partial charge in [-0.2, -0.15) is 0 Å². The van der Waals surface area contributed by atoms with E-state index in [2.05, 4.69) is 43.2 Å². The molecule has 2 aromatic rings. The number of hydrogen-bond donors (Lipinski definition) is 2. The van der Waals surface area contributed by atoms with Crippen LogP contribution in [0.4, 0.5) is 11.4 Å². The van der Waals surface area contributed by atoms with Crippen LogP contribution < -0.4 is 10.5 Å². The predicted molar refractivity (Wildman–Crippen MR) is 93.5 cm³/mol. The van der Waals surface area contributed by atoms with Gasteiger partial charge < -0.3 is 5.73 Å². The summed E-state index contributed by atoms with van der Waals surface area (Å²) in [6.07, 6.45) is 0. The molecule has 0 fully saturated rings. The summed E-state index contributed by atoms with van der Waals surface area (Å²) in [6.45, 7) is 0. The SMILES string of the molecule is Nc1ccc(S(=O)(=O)Nc2ccc(I)cc2Cl)c(Br)c1. The molecule has 0 saturated carbocycles. The van der Waals surface area contributed by atoms with Gasteiger partial charge in [0.05, 0.1) is 10.7 Å². The zero-order valence-electron chi connectivity index (χ0n) is 9.90. The summed E-state index contributed by atoms with van der Waals surface area (Å²) < 4.78 is 28.4. The fourth-order valence-electron chi connectivity index (χ4n) is 1.51. The number of rotatable bonds is 3. The molecular formula is C12H9BrClIN2O2S. The first-order chi connectivity index (χ1) is 9.29. The molecule has 3 N–H and O–H groups in total. The van der Waals surface area contributed by atoms with Crippen LogP contribution in [0.3, 0.4) is 0 Å². The summed E-state index contributed by atoms with van der Waals surface area (Å²) >= 11 is 11.3. The molecule has 0 radical (unpaired) electrons. The van der Waals surface area contributed by atoms with Gasteiger partial charge >= 0.3 is 0 Å². The average molecular weight is 488 g/mol. The molecule has 0 heterocycles. The van der Waals surface area contributed by atoms with Gasteiger partial charge in [0.25, 0.3) is 10.0 Å². The molecule has 20 heavy (non-hydrogen) atoms. The highest BCUT2D eigenvalue weighted by atomic mass is 127. The number of anilines is 2. The number of nitrogens with one attached hydrogen (secondary N) is 1. The zero-order chi connectivity index (χ0) is 14.9. The van der Waals surface area contributed by atoms with Crippen LogP contribution in [0.5, 0.6) is 0 Å². The van der Waals surface area contributed by atoms with Crippen LogP contribution in [0.25, 0.3) is 0 Å². The smallest absolute Gasteiger partial charge is 0.263 e. The van der Waals surface area contributed by atoms with Crippen LogP contribution >= 0.6 is 50.1 Å². The molecule has 0 aliphatic rings. The Morgan fingerprint density at radius 2 is 1.90 bits per heavy atom. The third-order valence-corrected chi connectivity index (χ3v) is 5.75. The third-order valence-electron chi connectivity index (χ3n) is 2.42. The maximum absolute atomic E-state index is 12.3. The van der Waals surface area contributed by atoms with Gasteiger partial charge in [0.1, 0.15) is 4.90 Å². The van der Waals surface area contributed by atoms with Gasteiger partial charge in [0.15, 0.2) is 0 Å². The molecule has 0 aliphatic carbocycles. The van der Waals surface area contributed by atoms with Crippen molar-refractivity contribution in [2.24, 2.45) is 0 Å². The quantitative estimate of drug-likeness (QED) is 0.506. The number of sulfonamides is 1. The van der Waals surface area contributed by atoms with Gasteiger partial charge in [-0.15, -0.1) is 0 Å². The number of halogens is 3. The molecule has 0 atom stereocenters. The lowest BCUT2D eigenvalue weighted by molar-refractivity contribution is 0.601. The Morgan fingerprint density at radius 3 is 2.50 bits per heavy atom. The largest absolute Gasteiger partial charge is 0.399 e. The molecule has 8 heteroatoms. The summed E-state index contributed by atoms with van der Waals surface area (Å²) in [6, 6.07) is 9.55. The van der Waals surface area contributed by atoms with Gasteiger partial charge in [-0.25, -0.2) is 8.42 Å². The van der Waals surface area contributed by atoms with E-state index in [1.54, 1.807) is 18.2 Å². The van der Waals surface area contributed by atoms with Crippen molar-refractivity contribution in [2.75, 3.05) is 10.5 Å². The highest BCUT2D eigenvalue weighted by molar-refractivity contribution is 14.1. The average Bonchev–Trinajstić information content (AvgIpc) is 2.32. The topological polar surface area (TPSA) is 72.2 Å². The fraction of sp³-hybridized carbons (Fsp3) is 0. The summed E-state index contributed by atoms with van der Waals surface area (Å²) in [5, 5.41) is 0.340. The number of nitrogens with two attached hydrogens (primary N) is 1. The highest BCUT2D eigenvalue weighted by Gasteiger charge is 2.19. The van der Waals surface area contributed by atoms with Crippen LogP contribution in [0, 0.1) is 3.57 Å². The van der Waals surface area contributed by atoms with Crippen LogP contribution in [0.15, 0.2) is 45.8 Å². The number of benzene rings is 2. The molecule has 0 saturated heterocycles. The molecule has 0 unspecified atom stereocenters. The van der Waals surface area contributed by atoms with Crippen LogP contribution in [0.2, 0.25) is 5.02 Å². The van der Waals surface area contributed by atoms with Crippen molar-refractivity contribution in [1.29, 1.82) is 0 Å². The monoisotopic (exact) mass is 486 g/mol. The van der Waals surface area contributed by atoms with Crippen LogP contribution in [-0.4, -0.2) is 8.42 Å². The van der Waals surface area contributed by atoms with E-state index in [-0.39, 0.29) is 4.90 Å². The van der Waals surface area contributed by atoms with Crippen molar-refractivity contribution >= 4 is 71.5 Å². The Bertz CT molecular complexity index is 768. The van der Waals surface area contributed by atoms with E-state index in [0.717, 1.165) is 3.57 Å². The number of hydrogen-bond acceptors (Lipinski definition) is 3. The van der Waals surface area contributed by atoms with Gasteiger partial charge in [-0.05, 0) is 74.9 Å². The molecule has 0 aliphatic heterocycles. The van der Waals surface area contributed by atoms with Gasteiger partial charge in [0.2, 0.25) is 0 Å². The van der Waals surface area contributed by atoms with Crippen LogP contribution in [0.1, 0.15) is 0 Å². The highest BCUT2D eigenvalue weighted by Crippen LogP contribution is 2.29. The molecule has 2 rings (SSSR count). The van der Waals surface area contributed by atoms with Gasteiger partial charge in [-0.3, -0.25) is 4.72 Å². The summed E-state index contributed by atoms with van der Waals surface area (Å²) in [4.78, 5) is 0.0984. The molecule has 0 amide bonds. The first-order valence-corrected chi connectivity index (χ1v) is 9.06. The molecule has 4 nitrogen and oxygen atoms in total. The van der Waals surface area contributed by atoms with Crippen molar-refractivity contribution in [2.45, 2.75) is 4.90 Å². The second-order valence-electron chi connectivity index (χ2n) is 3.92. The van der Waals surface area contributed by atoms with Crippen molar-refractivity contribution in [1.82, 2.24) is 0 Å². The Morgan fingerprint density at radius 1 is 1.20 bits per heavy atom. The summed E-state index contributed by atoms with van der Waals surface area (Å²) in [5.41, 5.74) is 6.40. The van der Waals surface area contributed by atoms with Gasteiger partial charge in [0, 0.05) is 13.7 Å². The zero-order valence-corrected chi connectivity index (χ0v) is 15.2. The van der Waals surface area contributed by atoms with E-state index >= 15 is 0 Å². The predicted octanol–water partition coefficient (Wildman–Crippen LogP) is 4.09. The minimum Gasteiger partial charge on any atom is -0.399 e. The van der Waals surface area contributed by atoms with Crippen molar-refractivity contribution in [3.63, 3.8) is 0 Å². The van der Waals surface area contributed by atoms with E-state index in [4.69, 9.17) is 17.3 Å². The summed E-state index contributed by atoms with van der Waals surface area (Å²) in [7, 11) is -3.74. The maximum atomic E-state index is 12.3. The Hall–Kier alpha value is -0.510. The van der Waals surface area contributed by atoms with Crippen molar-refractivity contribution in [3.8, 4) is 0 Å². The standard InChI is InChI=1S/C12H9BrClIN2O2S/c13-9-6-8(16)2-4-12(9)20(18,19)17-11-3-1-7(15)5-10(11)14/h1-6,17H,16H2. The molecular weight excluding hydrogens is 478 g/mol. The lowest BCUT2D eigenvalue weighted by atomic mass is 10.3. The van der Waals surface area contributed by atoms with Crippen LogP contribution in [-0.2, 0) is 10.0 Å². The van der Waals surface area contributed by atoms with E-state index in [1.165, 1.54) is 18.2 Å². The molecule has 2 aromatic carbocycles. The molecule has 0 bridgehead atoms. The first kappa shape index (κ1) is 15.9. The Balaban J connectivity index is 2.41. The van der Waals surface area contributed by atoms with E-state index in [1.807, 2.05) is 0 Å². The second-order valence-corrected chi connectivity index (χ2v) is 8.08. The van der Waals surface area contributed by atoms with Crippen molar-refractivity contribution < 1.29 is 8.42 Å². The lowest BCUT2D eigenvalue weighted by Crippen LogP contribution is -2.14. The first-order valence-electron chi connectivity index (χ1n) is 5.32. The number of nitrogen functional groups attached to an aromatic ring is 1. The molecule has 106 valence electrons.